The molecule has 2 unspecified atom stereocenters. The molecule has 2 aliphatic rings. The van der Waals surface area contributed by atoms with Crippen LogP contribution in [0.2, 0.25) is 0 Å². The minimum Gasteiger partial charge on any atom is -0.389 e. The van der Waals surface area contributed by atoms with Crippen molar-refractivity contribution >= 4 is 5.82 Å². The molecule has 10 heteroatoms. The number of pyridine rings is 1. The fraction of sp³-hybridized carbons (Fsp3) is 0.706. The van der Waals surface area contributed by atoms with Gasteiger partial charge in [0.05, 0.1) is 17.8 Å². The highest BCUT2D eigenvalue weighted by Crippen LogP contribution is 2.37. The van der Waals surface area contributed by atoms with Gasteiger partial charge >= 0.3 is 6.18 Å². The van der Waals surface area contributed by atoms with Gasteiger partial charge in [0.15, 0.2) is 0 Å². The smallest absolute Gasteiger partial charge is 0.389 e. The molecule has 0 radical (unpaired) electrons. The number of hydrogen-bond acceptors (Lipinski definition) is 6. The Bertz CT molecular complexity index is 641. The number of anilines is 1. The number of nitrogens with zero attached hydrogens (tertiary/aromatic N) is 3. The standard InChI is InChI=1S/C17H23F4N3O3/c18-16(10-23-8-12(25)14(27)13(26)9-23)3-6-24(7-4-16)15-11(17(19,20)21)2-1-5-22-15/h1-2,5,12-14,25-27H,3-4,6-10H2. The fourth-order valence-electron chi connectivity index (χ4n) is 3.75. The first-order chi connectivity index (χ1) is 12.6. The Labute approximate surface area is 154 Å². The van der Waals surface area contributed by atoms with E-state index in [1.165, 1.54) is 17.2 Å². The lowest BCUT2D eigenvalue weighted by atomic mass is 9.91. The molecule has 2 saturated heterocycles. The molecule has 2 aliphatic heterocycles. The van der Waals surface area contributed by atoms with Gasteiger partial charge in [-0.3, -0.25) is 4.90 Å². The van der Waals surface area contributed by atoms with Crippen molar-refractivity contribution < 1.29 is 32.9 Å². The van der Waals surface area contributed by atoms with Gasteiger partial charge in [-0.1, -0.05) is 0 Å². The molecular formula is C17H23F4N3O3. The van der Waals surface area contributed by atoms with Gasteiger partial charge in [-0.15, -0.1) is 0 Å². The Morgan fingerprint density at radius 1 is 1.11 bits per heavy atom. The van der Waals surface area contributed by atoms with Crippen LogP contribution in [0.15, 0.2) is 18.3 Å². The minimum absolute atomic E-state index is 0.00607. The molecular weight excluding hydrogens is 370 g/mol. The molecule has 0 spiro atoms. The third-order valence-corrected chi connectivity index (χ3v) is 5.24. The van der Waals surface area contributed by atoms with Crippen LogP contribution < -0.4 is 4.90 Å². The van der Waals surface area contributed by atoms with Crippen molar-refractivity contribution in [2.75, 3.05) is 37.6 Å². The second kappa shape index (κ2) is 7.50. The van der Waals surface area contributed by atoms with Crippen LogP contribution in [0.4, 0.5) is 23.4 Å². The van der Waals surface area contributed by atoms with Gasteiger partial charge in [0.2, 0.25) is 0 Å². The highest BCUT2D eigenvalue weighted by Gasteiger charge is 2.42. The Kier molecular flexibility index (Phi) is 5.62. The van der Waals surface area contributed by atoms with Crippen molar-refractivity contribution in [2.45, 2.75) is 43.0 Å². The average molecular weight is 393 g/mol. The Balaban J connectivity index is 1.64. The first-order valence-electron chi connectivity index (χ1n) is 8.82. The molecule has 3 N–H and O–H groups in total. The van der Waals surface area contributed by atoms with Crippen LogP contribution in [0.1, 0.15) is 18.4 Å². The SMILES string of the molecule is OC1CN(CC2(F)CCN(c3ncccc3C(F)(F)F)CC2)CC(O)C1O. The number of β-amino-alcohol motifs (C(OH)–C–C–N with tert-alkyl or cyclic N) is 2. The number of halogens is 4. The van der Waals surface area contributed by atoms with Crippen molar-refractivity contribution in [3.63, 3.8) is 0 Å². The maximum absolute atomic E-state index is 15.2. The van der Waals surface area contributed by atoms with E-state index in [2.05, 4.69) is 4.98 Å². The molecule has 0 saturated carbocycles. The summed E-state index contributed by atoms with van der Waals surface area (Å²) in [5, 5.41) is 29.0. The molecule has 2 atom stereocenters. The van der Waals surface area contributed by atoms with Gasteiger partial charge < -0.3 is 20.2 Å². The van der Waals surface area contributed by atoms with E-state index < -0.39 is 35.7 Å². The maximum atomic E-state index is 15.2. The van der Waals surface area contributed by atoms with Crippen LogP contribution in [0.25, 0.3) is 0 Å². The highest BCUT2D eigenvalue weighted by molar-refractivity contribution is 5.48. The van der Waals surface area contributed by atoms with Crippen molar-refractivity contribution in [2.24, 2.45) is 0 Å². The largest absolute Gasteiger partial charge is 0.419 e. The second-order valence-corrected chi connectivity index (χ2v) is 7.33. The van der Waals surface area contributed by atoms with Crippen molar-refractivity contribution in [1.82, 2.24) is 9.88 Å². The van der Waals surface area contributed by atoms with E-state index in [9.17, 15) is 28.5 Å². The molecule has 1 aromatic heterocycles. The fourth-order valence-corrected chi connectivity index (χ4v) is 3.75. The van der Waals surface area contributed by atoms with Crippen LogP contribution in [0.5, 0.6) is 0 Å². The molecule has 27 heavy (non-hydrogen) atoms. The number of aromatic nitrogens is 1. The second-order valence-electron chi connectivity index (χ2n) is 7.33. The van der Waals surface area contributed by atoms with Gasteiger partial charge in [-0.05, 0) is 12.1 Å². The number of alkyl halides is 4. The summed E-state index contributed by atoms with van der Waals surface area (Å²) in [6, 6.07) is 2.18. The van der Waals surface area contributed by atoms with E-state index in [0.717, 1.165) is 6.07 Å². The zero-order valence-corrected chi connectivity index (χ0v) is 14.6. The first kappa shape index (κ1) is 20.2. The van der Waals surface area contributed by atoms with Crippen LogP contribution in [-0.4, -0.2) is 81.9 Å². The zero-order chi connectivity index (χ0) is 19.8. The molecule has 152 valence electrons. The minimum atomic E-state index is -4.53. The number of aliphatic hydroxyl groups is 3. The summed E-state index contributed by atoms with van der Waals surface area (Å²) in [6.45, 7) is 0.171. The zero-order valence-electron chi connectivity index (χ0n) is 14.6. The number of hydrogen-bond donors (Lipinski definition) is 3. The van der Waals surface area contributed by atoms with E-state index in [4.69, 9.17) is 0 Å². The quantitative estimate of drug-likeness (QED) is 0.660. The number of likely N-dealkylation sites (tertiary alicyclic amines) is 1. The molecule has 0 bridgehead atoms. The molecule has 1 aromatic rings. The summed E-state index contributed by atoms with van der Waals surface area (Å²) in [7, 11) is 0. The van der Waals surface area contributed by atoms with E-state index in [0.29, 0.717) is 0 Å². The Hall–Kier alpha value is -1.49. The molecule has 2 fully saturated rings. The van der Waals surface area contributed by atoms with E-state index in [1.807, 2.05) is 0 Å². The Morgan fingerprint density at radius 3 is 2.26 bits per heavy atom. The summed E-state index contributed by atoms with van der Waals surface area (Å²) < 4.78 is 54.7. The Morgan fingerprint density at radius 2 is 1.70 bits per heavy atom. The predicted molar refractivity (Wildman–Crippen MR) is 89.0 cm³/mol. The van der Waals surface area contributed by atoms with Gasteiger partial charge in [0, 0.05) is 51.8 Å². The molecule has 3 heterocycles. The molecule has 0 amide bonds. The third kappa shape index (κ3) is 4.50. The van der Waals surface area contributed by atoms with Crippen LogP contribution in [0.3, 0.4) is 0 Å². The van der Waals surface area contributed by atoms with Gasteiger partial charge in [-0.2, -0.15) is 13.2 Å². The molecule has 3 rings (SSSR count). The van der Waals surface area contributed by atoms with Crippen molar-refractivity contribution in [3.8, 4) is 0 Å². The predicted octanol–water partition coefficient (Wildman–Crippen LogP) is 0.807. The van der Waals surface area contributed by atoms with Gasteiger partial charge in [-0.25, -0.2) is 9.37 Å². The van der Waals surface area contributed by atoms with Crippen molar-refractivity contribution in [3.05, 3.63) is 23.9 Å². The van der Waals surface area contributed by atoms with Crippen LogP contribution in [0, 0.1) is 0 Å². The van der Waals surface area contributed by atoms with Crippen LogP contribution in [-0.2, 0) is 6.18 Å². The van der Waals surface area contributed by atoms with E-state index in [-0.39, 0.29) is 51.4 Å². The van der Waals surface area contributed by atoms with E-state index in [1.54, 1.807) is 4.90 Å². The summed E-state index contributed by atoms with van der Waals surface area (Å²) in [4.78, 5) is 6.82. The van der Waals surface area contributed by atoms with Crippen LogP contribution >= 0.6 is 0 Å². The summed E-state index contributed by atoms with van der Waals surface area (Å²) >= 11 is 0. The summed E-state index contributed by atoms with van der Waals surface area (Å²) in [5.41, 5.74) is -2.49. The number of piperidine rings is 2. The average Bonchev–Trinajstić information content (AvgIpc) is 2.59. The lowest BCUT2D eigenvalue weighted by Crippen LogP contribution is -2.59. The summed E-state index contributed by atoms with van der Waals surface area (Å²) in [6.07, 6.45) is -6.83. The lowest BCUT2D eigenvalue weighted by Gasteiger charge is -2.43. The van der Waals surface area contributed by atoms with Crippen molar-refractivity contribution in [1.29, 1.82) is 0 Å². The summed E-state index contributed by atoms with van der Waals surface area (Å²) in [5.74, 6) is -0.195. The van der Waals surface area contributed by atoms with E-state index >= 15 is 4.39 Å². The molecule has 0 aromatic carbocycles. The number of aliphatic hydroxyl groups excluding tert-OH is 3. The highest BCUT2D eigenvalue weighted by atomic mass is 19.4. The molecule has 6 nitrogen and oxygen atoms in total. The lowest BCUT2D eigenvalue weighted by molar-refractivity contribution is -0.137. The normalized spacial score (nSPS) is 29.7. The maximum Gasteiger partial charge on any atom is 0.419 e. The monoisotopic (exact) mass is 393 g/mol. The number of rotatable bonds is 3. The van der Waals surface area contributed by atoms with Gasteiger partial charge in [0.25, 0.3) is 0 Å². The third-order valence-electron chi connectivity index (χ3n) is 5.24. The van der Waals surface area contributed by atoms with Gasteiger partial charge in [0.1, 0.15) is 17.6 Å². The topological polar surface area (TPSA) is 80.1 Å². The molecule has 0 aliphatic carbocycles. The first-order valence-corrected chi connectivity index (χ1v) is 8.82.